The number of ether oxygens (including phenoxy) is 1. The lowest BCUT2D eigenvalue weighted by molar-refractivity contribution is -0.142. The van der Waals surface area contributed by atoms with Crippen molar-refractivity contribution in [2.45, 2.75) is 51.2 Å². The van der Waals surface area contributed by atoms with E-state index < -0.39 is 35.1 Å². The molecule has 1 N–H and O–H groups in total. The summed E-state index contributed by atoms with van der Waals surface area (Å²) in [5.74, 6) is -0.722. The number of imide groups is 1. The van der Waals surface area contributed by atoms with E-state index in [1.807, 2.05) is 6.92 Å². The van der Waals surface area contributed by atoms with Crippen LogP contribution in [0.2, 0.25) is 0 Å². The van der Waals surface area contributed by atoms with Gasteiger partial charge in [-0.1, -0.05) is 55.8 Å². The second-order valence-corrected chi connectivity index (χ2v) is 8.68. The lowest BCUT2D eigenvalue weighted by atomic mass is 9.84. The molecule has 3 amide bonds. The smallest absolute Gasteiger partial charge is 0.437 e. The summed E-state index contributed by atoms with van der Waals surface area (Å²) in [7, 11) is 0. The van der Waals surface area contributed by atoms with Gasteiger partial charge in [-0.15, -0.1) is 0 Å². The van der Waals surface area contributed by atoms with Gasteiger partial charge in [0.1, 0.15) is 5.75 Å². The molecule has 1 unspecified atom stereocenters. The average molecular weight is 518 g/mol. The van der Waals surface area contributed by atoms with E-state index in [4.69, 9.17) is 9.26 Å². The van der Waals surface area contributed by atoms with Crippen molar-refractivity contribution in [3.63, 3.8) is 0 Å². The molecule has 2 heterocycles. The first-order valence-electron chi connectivity index (χ1n) is 12.0. The van der Waals surface area contributed by atoms with Crippen molar-refractivity contribution in [1.82, 2.24) is 15.4 Å². The van der Waals surface area contributed by atoms with Crippen molar-refractivity contribution >= 4 is 28.7 Å². The van der Waals surface area contributed by atoms with E-state index in [2.05, 4.69) is 10.5 Å². The van der Waals surface area contributed by atoms with E-state index in [-0.39, 0.29) is 37.0 Å². The van der Waals surface area contributed by atoms with Crippen LogP contribution in [-0.2, 0) is 27.7 Å². The number of benzene rings is 2. The minimum absolute atomic E-state index is 0.0118. The summed E-state index contributed by atoms with van der Waals surface area (Å²) in [6.45, 7) is 3.56. The molecule has 0 spiro atoms. The van der Waals surface area contributed by atoms with Crippen molar-refractivity contribution in [2.75, 3.05) is 13.2 Å². The number of aryl methyl sites for hydroxylation is 1. The van der Waals surface area contributed by atoms with Gasteiger partial charge < -0.3 is 14.6 Å². The van der Waals surface area contributed by atoms with Crippen LogP contribution in [0.5, 0.6) is 5.75 Å². The Morgan fingerprint density at radius 3 is 2.51 bits per heavy atom. The highest BCUT2D eigenvalue weighted by Crippen LogP contribution is 2.38. The minimum Gasteiger partial charge on any atom is -0.493 e. The molecule has 0 aliphatic carbocycles. The van der Waals surface area contributed by atoms with Gasteiger partial charge >= 0.3 is 12.2 Å². The number of hydrogen-bond acceptors (Lipinski definition) is 6. The van der Waals surface area contributed by atoms with Crippen LogP contribution in [0.3, 0.4) is 0 Å². The molecule has 0 bridgehead atoms. The highest BCUT2D eigenvalue weighted by atomic mass is 19.4. The molecule has 3 aromatic rings. The summed E-state index contributed by atoms with van der Waals surface area (Å²) in [6, 6.07) is 10.4. The molecule has 1 aliphatic heterocycles. The Kier molecular flexibility index (Phi) is 7.24. The Balaban J connectivity index is 1.48. The fraction of sp³-hybridized carbons (Fsp3) is 0.385. The lowest BCUT2D eigenvalue weighted by Crippen LogP contribution is -2.50. The summed E-state index contributed by atoms with van der Waals surface area (Å²) in [5.41, 5.74) is -1.98. The zero-order chi connectivity index (χ0) is 26.8. The van der Waals surface area contributed by atoms with Gasteiger partial charge in [0, 0.05) is 18.5 Å². The third-order valence-electron chi connectivity index (χ3n) is 6.30. The molecule has 11 heteroatoms. The van der Waals surface area contributed by atoms with Crippen LogP contribution in [0.15, 0.2) is 47.0 Å². The summed E-state index contributed by atoms with van der Waals surface area (Å²) in [5, 5.41) is 5.65. The van der Waals surface area contributed by atoms with Crippen LogP contribution < -0.4 is 10.1 Å². The van der Waals surface area contributed by atoms with Crippen LogP contribution in [0.4, 0.5) is 18.0 Å². The first-order valence-corrected chi connectivity index (χ1v) is 12.0. The van der Waals surface area contributed by atoms with E-state index in [0.29, 0.717) is 29.7 Å². The molecule has 2 aromatic carbocycles. The third kappa shape index (κ3) is 4.65. The quantitative estimate of drug-likeness (QED) is 0.231. The number of fused-ring (bicyclic) bond motifs is 1. The zero-order valence-corrected chi connectivity index (χ0v) is 20.4. The van der Waals surface area contributed by atoms with Crippen LogP contribution in [0.1, 0.15) is 49.9 Å². The number of carbonyl (C=O) groups is 3. The van der Waals surface area contributed by atoms with Gasteiger partial charge in [0.15, 0.2) is 17.1 Å². The van der Waals surface area contributed by atoms with Crippen molar-refractivity contribution < 1.29 is 36.8 Å². The van der Waals surface area contributed by atoms with Crippen LogP contribution in [-0.4, -0.2) is 40.9 Å². The number of aromatic nitrogens is 1. The maximum Gasteiger partial charge on any atom is 0.437 e. The number of alkyl halides is 3. The van der Waals surface area contributed by atoms with Crippen LogP contribution >= 0.6 is 0 Å². The number of urea groups is 1. The number of halogens is 3. The lowest BCUT2D eigenvalue weighted by Gasteiger charge is -2.25. The van der Waals surface area contributed by atoms with E-state index in [1.54, 1.807) is 37.3 Å². The van der Waals surface area contributed by atoms with Crippen LogP contribution in [0.25, 0.3) is 11.0 Å². The molecular formula is C26H26F3N3O5. The number of carbonyl (C=O) groups excluding carboxylic acids is 3. The SMILES string of the molecule is CCCc1c(OCCCN2C(=O)NC(C(=O)CC)(c3ccccc3)C2=O)ccc2c(C(F)(F)F)noc12. The molecule has 4 rings (SSSR count). The Labute approximate surface area is 210 Å². The number of nitrogens with zero attached hydrogens (tertiary/aromatic N) is 2. The molecule has 0 radical (unpaired) electrons. The highest BCUT2D eigenvalue weighted by molar-refractivity contribution is 6.20. The maximum absolute atomic E-state index is 13.3. The van der Waals surface area contributed by atoms with Crippen molar-refractivity contribution in [3.8, 4) is 5.75 Å². The largest absolute Gasteiger partial charge is 0.493 e. The standard InChI is InChI=1S/C26H26F3N3O5/c1-3-9-17-19(13-12-18-21(17)37-31-22(18)26(27,28)29)36-15-8-14-32-23(34)25(20(33)4-2,30-24(32)35)16-10-6-5-7-11-16/h5-7,10-13H,3-4,8-9,14-15H2,1-2H3,(H,30,35). The number of nitrogens with one attached hydrogen (secondary N) is 1. The van der Waals surface area contributed by atoms with Crippen molar-refractivity contribution in [3.05, 3.63) is 59.3 Å². The van der Waals surface area contributed by atoms with Gasteiger partial charge in [-0.2, -0.15) is 13.2 Å². The topological polar surface area (TPSA) is 102 Å². The molecular weight excluding hydrogens is 491 g/mol. The summed E-state index contributed by atoms with van der Waals surface area (Å²) < 4.78 is 50.5. The van der Waals surface area contributed by atoms with Gasteiger partial charge in [0.05, 0.1) is 12.0 Å². The molecule has 196 valence electrons. The van der Waals surface area contributed by atoms with Crippen molar-refractivity contribution in [2.24, 2.45) is 0 Å². The number of hydrogen-bond donors (Lipinski definition) is 1. The molecule has 8 nitrogen and oxygen atoms in total. The fourth-order valence-corrected chi connectivity index (χ4v) is 4.55. The first kappa shape index (κ1) is 26.2. The highest BCUT2D eigenvalue weighted by Gasteiger charge is 2.56. The van der Waals surface area contributed by atoms with E-state index in [1.165, 1.54) is 12.1 Å². The average Bonchev–Trinajstić information content (AvgIpc) is 3.43. The molecule has 1 aromatic heterocycles. The third-order valence-corrected chi connectivity index (χ3v) is 6.30. The number of Topliss-reactive ketones (excluding diaryl/α,β-unsaturated/α-hetero) is 1. The zero-order valence-electron chi connectivity index (χ0n) is 20.4. The van der Waals surface area contributed by atoms with E-state index in [9.17, 15) is 27.6 Å². The summed E-state index contributed by atoms with van der Waals surface area (Å²) >= 11 is 0. The number of rotatable bonds is 10. The normalized spacial score (nSPS) is 17.9. The molecule has 1 saturated heterocycles. The second kappa shape index (κ2) is 10.2. The van der Waals surface area contributed by atoms with Crippen molar-refractivity contribution in [1.29, 1.82) is 0 Å². The van der Waals surface area contributed by atoms with Gasteiger partial charge in [0.25, 0.3) is 5.91 Å². The molecule has 1 fully saturated rings. The van der Waals surface area contributed by atoms with Gasteiger partial charge in [-0.05, 0) is 30.5 Å². The summed E-state index contributed by atoms with van der Waals surface area (Å²) in [4.78, 5) is 39.9. The Morgan fingerprint density at radius 1 is 1.14 bits per heavy atom. The fourth-order valence-electron chi connectivity index (χ4n) is 4.55. The number of amides is 3. The predicted octanol–water partition coefficient (Wildman–Crippen LogP) is 4.99. The monoisotopic (exact) mass is 517 g/mol. The van der Waals surface area contributed by atoms with Crippen LogP contribution in [0, 0.1) is 0 Å². The van der Waals surface area contributed by atoms with Gasteiger partial charge in [-0.3, -0.25) is 14.5 Å². The Hall–Kier alpha value is -3.89. The van der Waals surface area contributed by atoms with E-state index in [0.717, 1.165) is 4.90 Å². The minimum atomic E-state index is -4.64. The molecule has 1 aliphatic rings. The number of ketones is 1. The molecule has 1 atom stereocenters. The van der Waals surface area contributed by atoms with E-state index >= 15 is 0 Å². The molecule has 37 heavy (non-hydrogen) atoms. The van der Waals surface area contributed by atoms with Gasteiger partial charge in [-0.25, -0.2) is 4.79 Å². The van der Waals surface area contributed by atoms with Gasteiger partial charge in [0.2, 0.25) is 5.54 Å². The predicted molar refractivity (Wildman–Crippen MR) is 127 cm³/mol. The molecule has 0 saturated carbocycles. The first-order chi connectivity index (χ1) is 17.6. The Morgan fingerprint density at radius 2 is 1.86 bits per heavy atom. The maximum atomic E-state index is 13.3. The Bertz CT molecular complexity index is 1320. The summed E-state index contributed by atoms with van der Waals surface area (Å²) in [6.07, 6.45) is -3.32. The second-order valence-electron chi connectivity index (χ2n) is 8.68.